The van der Waals surface area contributed by atoms with E-state index in [1.807, 2.05) is 37.3 Å². The average Bonchev–Trinajstić information content (AvgIpc) is 3.04. The molecule has 3 atom stereocenters. The Morgan fingerprint density at radius 1 is 1.33 bits per heavy atom. The number of carbonyl (C=O) groups is 3. The van der Waals surface area contributed by atoms with E-state index in [9.17, 15) is 14.4 Å². The lowest BCUT2D eigenvalue weighted by Gasteiger charge is -2.28. The molecule has 1 aliphatic heterocycles. The summed E-state index contributed by atoms with van der Waals surface area (Å²) in [6, 6.07) is 8.76. The van der Waals surface area contributed by atoms with Crippen LogP contribution in [-0.4, -0.2) is 41.6 Å². The fourth-order valence-corrected chi connectivity index (χ4v) is 3.39. The van der Waals surface area contributed by atoms with Crippen LogP contribution in [0.15, 0.2) is 30.3 Å². The van der Waals surface area contributed by atoms with Gasteiger partial charge >= 0.3 is 0 Å². The number of likely N-dealkylation sites (tertiary alicyclic amines) is 1. The lowest BCUT2D eigenvalue weighted by atomic mass is 9.91. The van der Waals surface area contributed by atoms with Crippen LogP contribution in [0.3, 0.4) is 0 Å². The fraction of sp³-hybridized carbons (Fsp3) is 0.526. The maximum atomic E-state index is 12.8. The monoisotopic (exact) mass is 330 g/mol. The van der Waals surface area contributed by atoms with Crippen LogP contribution in [0.5, 0.6) is 0 Å². The molecular weight excluding hydrogens is 304 g/mol. The number of benzene rings is 1. The molecule has 1 aromatic rings. The summed E-state index contributed by atoms with van der Waals surface area (Å²) in [5, 5.41) is 2.83. The summed E-state index contributed by atoms with van der Waals surface area (Å²) >= 11 is 0. The van der Waals surface area contributed by atoms with Crippen molar-refractivity contribution >= 4 is 18.1 Å². The van der Waals surface area contributed by atoms with Gasteiger partial charge in [-0.3, -0.25) is 9.59 Å². The van der Waals surface area contributed by atoms with Gasteiger partial charge in [0.05, 0.1) is 6.04 Å². The fourth-order valence-electron chi connectivity index (χ4n) is 3.39. The minimum atomic E-state index is -0.547. The number of unbranched alkanes of at least 4 members (excludes halogenated alkanes) is 1. The first-order valence-electron chi connectivity index (χ1n) is 8.66. The Kier molecular flexibility index (Phi) is 6.53. The third-order valence-corrected chi connectivity index (χ3v) is 4.66. The van der Waals surface area contributed by atoms with Gasteiger partial charge in [-0.2, -0.15) is 0 Å². The lowest BCUT2D eigenvalue weighted by molar-refractivity contribution is -0.137. The number of nitrogens with zero attached hydrogens (tertiary/aromatic N) is 1. The molecule has 0 aliphatic carbocycles. The molecule has 0 spiro atoms. The van der Waals surface area contributed by atoms with E-state index in [1.165, 1.54) is 6.92 Å². The molecule has 1 fully saturated rings. The van der Waals surface area contributed by atoms with Crippen molar-refractivity contribution in [2.75, 3.05) is 6.54 Å². The van der Waals surface area contributed by atoms with Crippen molar-refractivity contribution < 1.29 is 14.4 Å². The van der Waals surface area contributed by atoms with Crippen LogP contribution < -0.4 is 5.32 Å². The predicted octanol–water partition coefficient (Wildman–Crippen LogP) is 2.26. The van der Waals surface area contributed by atoms with Crippen molar-refractivity contribution in [2.24, 2.45) is 0 Å². The topological polar surface area (TPSA) is 66.5 Å². The molecule has 130 valence electrons. The molecule has 5 heteroatoms. The van der Waals surface area contributed by atoms with E-state index in [4.69, 9.17) is 0 Å². The van der Waals surface area contributed by atoms with Crippen molar-refractivity contribution in [3.63, 3.8) is 0 Å². The van der Waals surface area contributed by atoms with Crippen molar-refractivity contribution in [3.05, 3.63) is 35.9 Å². The Morgan fingerprint density at radius 3 is 2.62 bits per heavy atom. The van der Waals surface area contributed by atoms with Gasteiger partial charge in [-0.1, -0.05) is 50.1 Å². The Bertz CT molecular complexity index is 573. The van der Waals surface area contributed by atoms with Crippen LogP contribution in [0.1, 0.15) is 51.0 Å². The molecule has 2 amide bonds. The first kappa shape index (κ1) is 18.2. The number of rotatable bonds is 7. The van der Waals surface area contributed by atoms with E-state index in [0.717, 1.165) is 31.1 Å². The highest BCUT2D eigenvalue weighted by Gasteiger charge is 2.41. The van der Waals surface area contributed by atoms with Gasteiger partial charge in [0, 0.05) is 19.4 Å². The van der Waals surface area contributed by atoms with E-state index in [2.05, 4.69) is 5.32 Å². The summed E-state index contributed by atoms with van der Waals surface area (Å²) in [6.07, 6.45) is 4.03. The van der Waals surface area contributed by atoms with Gasteiger partial charge in [0.2, 0.25) is 11.8 Å². The largest absolute Gasteiger partial charge is 0.345 e. The zero-order valence-electron chi connectivity index (χ0n) is 14.4. The Hall–Kier alpha value is -2.17. The SMILES string of the molecule is CCCC[C@@H](C=O)NC(=O)[C@@H]1C(c2ccccc2)CCN1C(C)=O. The summed E-state index contributed by atoms with van der Waals surface area (Å²) in [4.78, 5) is 37.6. The van der Waals surface area contributed by atoms with Crippen LogP contribution in [0.2, 0.25) is 0 Å². The van der Waals surface area contributed by atoms with Gasteiger partial charge in [0.25, 0.3) is 0 Å². The summed E-state index contributed by atoms with van der Waals surface area (Å²) in [7, 11) is 0. The van der Waals surface area contributed by atoms with Crippen LogP contribution in [0.25, 0.3) is 0 Å². The second-order valence-electron chi connectivity index (χ2n) is 6.36. The van der Waals surface area contributed by atoms with E-state index in [0.29, 0.717) is 13.0 Å². The van der Waals surface area contributed by atoms with E-state index in [-0.39, 0.29) is 17.7 Å². The van der Waals surface area contributed by atoms with E-state index in [1.54, 1.807) is 4.90 Å². The molecule has 1 unspecified atom stereocenters. The number of nitrogens with one attached hydrogen (secondary N) is 1. The van der Waals surface area contributed by atoms with Crippen LogP contribution in [0.4, 0.5) is 0 Å². The Morgan fingerprint density at radius 2 is 2.04 bits per heavy atom. The first-order chi connectivity index (χ1) is 11.6. The van der Waals surface area contributed by atoms with Gasteiger partial charge in [-0.25, -0.2) is 0 Å². The standard InChI is InChI=1S/C19H26N2O3/c1-3-4-10-16(13-22)20-19(24)18-17(11-12-21(18)14(2)23)15-8-6-5-7-9-15/h5-9,13,16-18H,3-4,10-12H2,1-2H3,(H,20,24)/t16-,17?,18-/m0/s1. The van der Waals surface area contributed by atoms with E-state index >= 15 is 0 Å². The van der Waals surface area contributed by atoms with Crippen molar-refractivity contribution in [1.29, 1.82) is 0 Å². The van der Waals surface area contributed by atoms with Crippen molar-refractivity contribution in [3.8, 4) is 0 Å². The number of carbonyl (C=O) groups excluding carboxylic acids is 3. The molecule has 1 saturated heterocycles. The van der Waals surface area contributed by atoms with E-state index < -0.39 is 12.1 Å². The molecular formula is C19H26N2O3. The van der Waals surface area contributed by atoms with Gasteiger partial charge < -0.3 is 15.0 Å². The number of hydrogen-bond donors (Lipinski definition) is 1. The minimum absolute atomic E-state index is 0.0337. The smallest absolute Gasteiger partial charge is 0.244 e. The molecule has 0 aromatic heterocycles. The second kappa shape index (κ2) is 8.62. The van der Waals surface area contributed by atoms with Crippen molar-refractivity contribution in [2.45, 2.75) is 57.5 Å². The molecule has 1 heterocycles. The lowest BCUT2D eigenvalue weighted by Crippen LogP contribution is -2.50. The first-order valence-corrected chi connectivity index (χ1v) is 8.66. The summed E-state index contributed by atoms with van der Waals surface area (Å²) in [6.45, 7) is 4.10. The molecule has 0 bridgehead atoms. The molecule has 0 saturated carbocycles. The van der Waals surface area contributed by atoms with Crippen LogP contribution >= 0.6 is 0 Å². The number of hydrogen-bond acceptors (Lipinski definition) is 3. The summed E-state index contributed by atoms with van der Waals surface area (Å²) < 4.78 is 0. The minimum Gasteiger partial charge on any atom is -0.345 e. The summed E-state index contributed by atoms with van der Waals surface area (Å²) in [5.41, 5.74) is 1.05. The van der Waals surface area contributed by atoms with Crippen molar-refractivity contribution in [1.82, 2.24) is 10.2 Å². The molecule has 0 radical (unpaired) electrons. The highest BCUT2D eigenvalue weighted by molar-refractivity contribution is 5.90. The zero-order chi connectivity index (χ0) is 17.5. The maximum absolute atomic E-state index is 12.8. The van der Waals surface area contributed by atoms with Gasteiger partial charge in [0.1, 0.15) is 12.3 Å². The molecule has 24 heavy (non-hydrogen) atoms. The third kappa shape index (κ3) is 4.22. The molecule has 5 nitrogen and oxygen atoms in total. The summed E-state index contributed by atoms with van der Waals surface area (Å²) in [5.74, 6) is -0.372. The van der Waals surface area contributed by atoms with Gasteiger partial charge in [0.15, 0.2) is 0 Å². The highest BCUT2D eigenvalue weighted by atomic mass is 16.2. The maximum Gasteiger partial charge on any atom is 0.244 e. The quantitative estimate of drug-likeness (QED) is 0.780. The number of amides is 2. The normalized spacial score (nSPS) is 21.3. The zero-order valence-corrected chi connectivity index (χ0v) is 14.4. The second-order valence-corrected chi connectivity index (χ2v) is 6.36. The van der Waals surface area contributed by atoms with Gasteiger partial charge in [-0.15, -0.1) is 0 Å². The van der Waals surface area contributed by atoms with Crippen LogP contribution in [0, 0.1) is 0 Å². The number of aldehydes is 1. The predicted molar refractivity (Wildman–Crippen MR) is 92.5 cm³/mol. The molecule has 1 aromatic carbocycles. The Labute approximate surface area is 143 Å². The molecule has 1 aliphatic rings. The molecule has 1 N–H and O–H groups in total. The third-order valence-electron chi connectivity index (χ3n) is 4.66. The Balaban J connectivity index is 2.18. The van der Waals surface area contributed by atoms with Crippen LogP contribution in [-0.2, 0) is 14.4 Å². The average molecular weight is 330 g/mol. The van der Waals surface area contributed by atoms with Gasteiger partial charge in [-0.05, 0) is 18.4 Å². The molecule has 2 rings (SSSR count). The highest BCUT2D eigenvalue weighted by Crippen LogP contribution is 2.33.